The maximum absolute atomic E-state index is 16.0. The summed E-state index contributed by atoms with van der Waals surface area (Å²) in [5.74, 6) is -2.26. The summed E-state index contributed by atoms with van der Waals surface area (Å²) in [7, 11) is 0. The first-order valence-electron chi connectivity index (χ1n) is 10.9. The Labute approximate surface area is 201 Å². The molecule has 7 nitrogen and oxygen atoms in total. The van der Waals surface area contributed by atoms with Crippen molar-refractivity contribution < 1.29 is 37.7 Å². The number of carbonyl (C=O) groups excluding carboxylic acids is 3. The molecule has 35 heavy (non-hydrogen) atoms. The lowest BCUT2D eigenvalue weighted by molar-refractivity contribution is -0.149. The summed E-state index contributed by atoms with van der Waals surface area (Å²) in [6.07, 6.45) is -4.45. The molecule has 1 aliphatic rings. The Balaban J connectivity index is 1.53. The van der Waals surface area contributed by atoms with Crippen LogP contribution in [0.3, 0.4) is 0 Å². The van der Waals surface area contributed by atoms with Crippen molar-refractivity contribution in [3.8, 4) is 0 Å². The molecule has 180 valence electrons. The van der Waals surface area contributed by atoms with E-state index in [0.717, 1.165) is 6.92 Å². The van der Waals surface area contributed by atoms with Crippen LogP contribution in [0.15, 0.2) is 91.0 Å². The largest absolute Gasteiger partial charge is 0.459 e. The third kappa shape index (κ3) is 5.55. The molecule has 4 rings (SSSR count). The van der Waals surface area contributed by atoms with Crippen molar-refractivity contribution in [2.24, 2.45) is 0 Å². The first kappa shape index (κ1) is 24.1. The lowest BCUT2D eigenvalue weighted by Crippen LogP contribution is -2.46. The number of rotatable bonds is 7. The topological polar surface area (TPSA) is 88.1 Å². The predicted octanol–water partition coefficient (Wildman–Crippen LogP) is 4.38. The van der Waals surface area contributed by atoms with Gasteiger partial charge in [0.1, 0.15) is 12.7 Å². The number of alkyl halides is 1. The third-order valence-electron chi connectivity index (χ3n) is 5.51. The van der Waals surface area contributed by atoms with Crippen LogP contribution < -0.4 is 0 Å². The number of carbonyl (C=O) groups is 3. The molecule has 0 spiro atoms. The third-order valence-corrected chi connectivity index (χ3v) is 5.51. The minimum absolute atomic E-state index is 0.198. The van der Waals surface area contributed by atoms with E-state index in [0.29, 0.717) is 5.56 Å². The molecule has 0 saturated carbocycles. The van der Waals surface area contributed by atoms with Crippen molar-refractivity contribution in [2.45, 2.75) is 31.1 Å². The second-order valence-corrected chi connectivity index (χ2v) is 8.09. The normalized spacial score (nSPS) is 23.3. The number of esters is 3. The van der Waals surface area contributed by atoms with Crippen LogP contribution in [0.5, 0.6) is 0 Å². The summed E-state index contributed by atoms with van der Waals surface area (Å²) in [6, 6.07) is 24.3. The molecule has 1 unspecified atom stereocenters. The fraction of sp³-hybridized carbons (Fsp3) is 0.222. The number of hydrogen-bond donors (Lipinski definition) is 0. The fourth-order valence-electron chi connectivity index (χ4n) is 3.63. The maximum Gasteiger partial charge on any atom is 0.340 e. The highest BCUT2D eigenvalue weighted by Gasteiger charge is 2.59. The molecule has 3 aromatic carbocycles. The van der Waals surface area contributed by atoms with Gasteiger partial charge in [0.25, 0.3) is 0 Å². The Hall–Kier alpha value is -4.04. The zero-order valence-electron chi connectivity index (χ0n) is 18.8. The van der Waals surface area contributed by atoms with Crippen LogP contribution in [-0.4, -0.2) is 48.7 Å². The lowest BCUT2D eigenvalue weighted by atomic mass is 9.99. The van der Waals surface area contributed by atoms with Gasteiger partial charge in [0.05, 0.1) is 16.7 Å². The summed E-state index contributed by atoms with van der Waals surface area (Å²) < 4.78 is 37.6. The minimum Gasteiger partial charge on any atom is -0.459 e. The van der Waals surface area contributed by atoms with Gasteiger partial charge >= 0.3 is 17.9 Å². The highest BCUT2D eigenvalue weighted by molar-refractivity contribution is 5.90. The second-order valence-electron chi connectivity index (χ2n) is 8.09. The molecule has 0 aromatic heterocycles. The smallest absolute Gasteiger partial charge is 0.340 e. The standard InChI is InChI=1S/C27H23FO7/c1-27(28)22(34-24(30)19-13-7-3-8-14-19)21(17-32-23(29)18-11-5-2-6-12-18)33-26(27)35-25(31)20-15-9-4-10-16-20/h2-16,21-22,26H,17H2,1H3/t21-,22-,26?,27-/m1/s1. The zero-order valence-corrected chi connectivity index (χ0v) is 18.8. The van der Waals surface area contributed by atoms with Gasteiger partial charge in [-0.15, -0.1) is 0 Å². The van der Waals surface area contributed by atoms with Crippen molar-refractivity contribution in [3.05, 3.63) is 108 Å². The van der Waals surface area contributed by atoms with Gasteiger partial charge < -0.3 is 18.9 Å². The van der Waals surface area contributed by atoms with Gasteiger partial charge in [0.15, 0.2) is 6.10 Å². The first-order chi connectivity index (χ1) is 16.9. The Morgan fingerprint density at radius 3 is 1.66 bits per heavy atom. The molecule has 1 aliphatic heterocycles. The van der Waals surface area contributed by atoms with Crippen LogP contribution in [0.4, 0.5) is 4.39 Å². The summed E-state index contributed by atoms with van der Waals surface area (Å²) in [6.45, 7) is 0.678. The fourth-order valence-corrected chi connectivity index (χ4v) is 3.63. The molecule has 0 bridgehead atoms. The molecule has 4 atom stereocenters. The Bertz CT molecular complexity index is 1170. The van der Waals surface area contributed by atoms with Crippen molar-refractivity contribution >= 4 is 17.9 Å². The average Bonchev–Trinajstić information content (AvgIpc) is 3.12. The molecule has 0 N–H and O–H groups in total. The van der Waals surface area contributed by atoms with E-state index >= 15 is 4.39 Å². The first-order valence-corrected chi connectivity index (χ1v) is 10.9. The molecular weight excluding hydrogens is 455 g/mol. The van der Waals surface area contributed by atoms with Gasteiger partial charge in [0.2, 0.25) is 12.0 Å². The average molecular weight is 478 g/mol. The number of halogens is 1. The van der Waals surface area contributed by atoms with Crippen molar-refractivity contribution in [1.29, 1.82) is 0 Å². The van der Waals surface area contributed by atoms with Gasteiger partial charge in [-0.05, 0) is 43.3 Å². The van der Waals surface area contributed by atoms with Gasteiger partial charge in [-0.25, -0.2) is 18.8 Å². The van der Waals surface area contributed by atoms with E-state index in [1.165, 1.54) is 24.3 Å². The second kappa shape index (κ2) is 10.5. The molecular formula is C27H23FO7. The molecule has 1 fully saturated rings. The Kier molecular flexibility index (Phi) is 7.22. The summed E-state index contributed by atoms with van der Waals surface area (Å²) in [5, 5.41) is 0. The molecule has 0 amide bonds. The summed E-state index contributed by atoms with van der Waals surface area (Å²) in [4.78, 5) is 37.6. The van der Waals surface area contributed by atoms with E-state index in [4.69, 9.17) is 18.9 Å². The molecule has 3 aromatic rings. The van der Waals surface area contributed by atoms with Crippen molar-refractivity contribution in [3.63, 3.8) is 0 Å². The van der Waals surface area contributed by atoms with E-state index < -0.39 is 48.7 Å². The van der Waals surface area contributed by atoms with Gasteiger partial charge in [-0.3, -0.25) is 0 Å². The minimum atomic E-state index is -2.43. The number of hydrogen-bond acceptors (Lipinski definition) is 7. The Morgan fingerprint density at radius 2 is 1.17 bits per heavy atom. The number of ether oxygens (including phenoxy) is 4. The molecule has 1 saturated heterocycles. The SMILES string of the molecule is C[C@]1(F)C(OC(=O)c2ccccc2)O[C@H](COC(=O)c2ccccc2)[C@H]1OC(=O)c1ccccc1. The lowest BCUT2D eigenvalue weighted by Gasteiger charge is -2.26. The van der Waals surface area contributed by atoms with Crippen LogP contribution >= 0.6 is 0 Å². The van der Waals surface area contributed by atoms with Gasteiger partial charge in [0, 0.05) is 0 Å². The van der Waals surface area contributed by atoms with Crippen LogP contribution in [0.1, 0.15) is 38.0 Å². The molecule has 0 aliphatic carbocycles. The summed E-state index contributed by atoms with van der Waals surface area (Å²) in [5.41, 5.74) is -1.74. The highest BCUT2D eigenvalue weighted by atomic mass is 19.1. The van der Waals surface area contributed by atoms with Crippen LogP contribution in [0.2, 0.25) is 0 Å². The Morgan fingerprint density at radius 1 is 0.743 bits per heavy atom. The van der Waals surface area contributed by atoms with Crippen molar-refractivity contribution in [2.75, 3.05) is 6.61 Å². The highest BCUT2D eigenvalue weighted by Crippen LogP contribution is 2.38. The van der Waals surface area contributed by atoms with Crippen LogP contribution in [-0.2, 0) is 18.9 Å². The van der Waals surface area contributed by atoms with Gasteiger partial charge in [-0.2, -0.15) is 0 Å². The molecule has 0 radical (unpaired) electrons. The van der Waals surface area contributed by atoms with Crippen LogP contribution in [0, 0.1) is 0 Å². The zero-order chi connectivity index (χ0) is 24.8. The molecule has 8 heteroatoms. The maximum atomic E-state index is 16.0. The van der Waals surface area contributed by atoms with Gasteiger partial charge in [-0.1, -0.05) is 54.6 Å². The van der Waals surface area contributed by atoms with Crippen LogP contribution in [0.25, 0.3) is 0 Å². The van der Waals surface area contributed by atoms with Crippen molar-refractivity contribution in [1.82, 2.24) is 0 Å². The van der Waals surface area contributed by atoms with E-state index in [1.54, 1.807) is 66.7 Å². The van der Waals surface area contributed by atoms with E-state index in [-0.39, 0.29) is 11.1 Å². The molecule has 1 heterocycles. The summed E-state index contributed by atoms with van der Waals surface area (Å²) >= 11 is 0. The van der Waals surface area contributed by atoms with E-state index in [1.807, 2.05) is 0 Å². The van der Waals surface area contributed by atoms with E-state index in [2.05, 4.69) is 0 Å². The quantitative estimate of drug-likeness (QED) is 0.368. The predicted molar refractivity (Wildman–Crippen MR) is 122 cm³/mol. The monoisotopic (exact) mass is 478 g/mol. The number of benzene rings is 3. The van der Waals surface area contributed by atoms with E-state index in [9.17, 15) is 14.4 Å².